The Morgan fingerprint density at radius 1 is 1.04 bits per heavy atom. The van der Waals surface area contributed by atoms with Gasteiger partial charge in [-0.2, -0.15) is 0 Å². The standard InChI is InChI=1S/C18H19ClN2O2S/c19-15-8-4-5-9-16(15)24-13-18(23)21(11-10-17(20)22)12-14-6-2-1-3-7-14/h1-9H,10-13H2,(H2,20,22). The molecule has 0 heterocycles. The monoisotopic (exact) mass is 362 g/mol. The first kappa shape index (κ1) is 18.4. The lowest BCUT2D eigenvalue weighted by molar-refractivity contribution is -0.129. The van der Waals surface area contributed by atoms with Crippen LogP contribution in [0.4, 0.5) is 0 Å². The van der Waals surface area contributed by atoms with Crippen molar-refractivity contribution >= 4 is 35.2 Å². The minimum Gasteiger partial charge on any atom is -0.370 e. The third kappa shape index (κ3) is 5.91. The maximum absolute atomic E-state index is 12.6. The molecule has 0 saturated heterocycles. The molecule has 0 aliphatic carbocycles. The van der Waals surface area contributed by atoms with Crippen LogP contribution in [0, 0.1) is 0 Å². The molecule has 0 spiro atoms. The van der Waals surface area contributed by atoms with E-state index in [1.165, 1.54) is 11.8 Å². The van der Waals surface area contributed by atoms with Crippen molar-refractivity contribution in [2.45, 2.75) is 17.9 Å². The van der Waals surface area contributed by atoms with Gasteiger partial charge in [0.15, 0.2) is 0 Å². The van der Waals surface area contributed by atoms with Gasteiger partial charge in [-0.3, -0.25) is 9.59 Å². The predicted octanol–water partition coefficient (Wildman–Crippen LogP) is 3.34. The Hall–Kier alpha value is -1.98. The van der Waals surface area contributed by atoms with Gasteiger partial charge in [0.05, 0.1) is 10.8 Å². The lowest BCUT2D eigenvalue weighted by Gasteiger charge is -2.22. The van der Waals surface area contributed by atoms with Crippen LogP contribution in [0.2, 0.25) is 5.02 Å². The van der Waals surface area contributed by atoms with Crippen LogP contribution in [-0.4, -0.2) is 29.0 Å². The fourth-order valence-electron chi connectivity index (χ4n) is 2.13. The summed E-state index contributed by atoms with van der Waals surface area (Å²) in [4.78, 5) is 26.1. The van der Waals surface area contributed by atoms with Gasteiger partial charge >= 0.3 is 0 Å². The maximum atomic E-state index is 12.6. The summed E-state index contributed by atoms with van der Waals surface area (Å²) in [6.45, 7) is 0.766. The van der Waals surface area contributed by atoms with Crippen LogP contribution in [0.15, 0.2) is 59.5 Å². The predicted molar refractivity (Wildman–Crippen MR) is 97.8 cm³/mol. The SMILES string of the molecule is NC(=O)CCN(Cc1ccccc1)C(=O)CSc1ccccc1Cl. The number of carbonyl (C=O) groups excluding carboxylic acids is 2. The van der Waals surface area contributed by atoms with Gasteiger partial charge in [-0.1, -0.05) is 54.1 Å². The van der Waals surface area contributed by atoms with Gasteiger partial charge in [-0.05, 0) is 17.7 Å². The van der Waals surface area contributed by atoms with Crippen LogP contribution in [0.3, 0.4) is 0 Å². The number of thioether (sulfide) groups is 1. The van der Waals surface area contributed by atoms with Gasteiger partial charge in [0.2, 0.25) is 11.8 Å². The minimum atomic E-state index is -0.417. The number of nitrogens with two attached hydrogens (primary N) is 1. The van der Waals surface area contributed by atoms with Crippen LogP contribution in [0.5, 0.6) is 0 Å². The van der Waals surface area contributed by atoms with E-state index in [-0.39, 0.29) is 18.1 Å². The molecule has 0 unspecified atom stereocenters. The van der Waals surface area contributed by atoms with Gasteiger partial charge in [0.1, 0.15) is 0 Å². The number of amides is 2. The highest BCUT2D eigenvalue weighted by molar-refractivity contribution is 8.00. The number of nitrogens with zero attached hydrogens (tertiary/aromatic N) is 1. The van der Waals surface area contributed by atoms with Crippen molar-refractivity contribution in [1.29, 1.82) is 0 Å². The minimum absolute atomic E-state index is 0.0509. The van der Waals surface area contributed by atoms with E-state index in [1.54, 1.807) is 11.0 Å². The normalized spacial score (nSPS) is 10.4. The molecule has 2 aromatic carbocycles. The number of carbonyl (C=O) groups is 2. The van der Waals surface area contributed by atoms with E-state index >= 15 is 0 Å². The van der Waals surface area contributed by atoms with Crippen molar-refractivity contribution in [3.05, 3.63) is 65.2 Å². The van der Waals surface area contributed by atoms with Crippen molar-refractivity contribution < 1.29 is 9.59 Å². The second-order valence-corrected chi connectivity index (χ2v) is 6.66. The smallest absolute Gasteiger partial charge is 0.233 e. The fourth-order valence-corrected chi connectivity index (χ4v) is 3.28. The molecule has 0 radical (unpaired) electrons. The van der Waals surface area contributed by atoms with Crippen molar-refractivity contribution in [1.82, 2.24) is 4.90 Å². The molecule has 2 N–H and O–H groups in total. The molecular formula is C18H19ClN2O2S. The lowest BCUT2D eigenvalue weighted by atomic mass is 10.2. The number of rotatable bonds is 8. The summed E-state index contributed by atoms with van der Waals surface area (Å²) in [6.07, 6.45) is 0.148. The second-order valence-electron chi connectivity index (χ2n) is 5.24. The van der Waals surface area contributed by atoms with Gasteiger partial charge in [0, 0.05) is 24.4 Å². The summed E-state index contributed by atoms with van der Waals surface area (Å²) in [5.41, 5.74) is 6.23. The molecule has 24 heavy (non-hydrogen) atoms. The van der Waals surface area contributed by atoms with E-state index in [0.29, 0.717) is 18.1 Å². The number of hydrogen-bond donors (Lipinski definition) is 1. The Balaban J connectivity index is 2.00. The first-order chi connectivity index (χ1) is 11.6. The molecule has 0 aliphatic rings. The summed E-state index contributed by atoms with van der Waals surface area (Å²) in [7, 11) is 0. The van der Waals surface area contributed by atoms with E-state index in [9.17, 15) is 9.59 Å². The first-order valence-electron chi connectivity index (χ1n) is 7.53. The largest absolute Gasteiger partial charge is 0.370 e. The molecule has 126 valence electrons. The summed E-state index contributed by atoms with van der Waals surface area (Å²) in [5, 5.41) is 0.627. The lowest BCUT2D eigenvalue weighted by Crippen LogP contribution is -2.34. The Kier molecular flexibility index (Phi) is 7.15. The average molecular weight is 363 g/mol. The molecule has 0 saturated carbocycles. The van der Waals surface area contributed by atoms with Gasteiger partial charge in [-0.15, -0.1) is 11.8 Å². The molecule has 2 amide bonds. The Morgan fingerprint density at radius 2 is 1.71 bits per heavy atom. The first-order valence-corrected chi connectivity index (χ1v) is 8.90. The van der Waals surface area contributed by atoms with Gasteiger partial charge in [0.25, 0.3) is 0 Å². The molecule has 0 atom stereocenters. The molecule has 4 nitrogen and oxygen atoms in total. The van der Waals surface area contributed by atoms with Crippen LogP contribution < -0.4 is 5.73 Å². The van der Waals surface area contributed by atoms with Crippen LogP contribution in [0.1, 0.15) is 12.0 Å². The van der Waals surface area contributed by atoms with Crippen molar-refractivity contribution in [2.75, 3.05) is 12.3 Å². The topological polar surface area (TPSA) is 63.4 Å². The highest BCUT2D eigenvalue weighted by atomic mass is 35.5. The number of primary amides is 1. The van der Waals surface area contributed by atoms with Crippen molar-refractivity contribution in [3.63, 3.8) is 0 Å². The Morgan fingerprint density at radius 3 is 2.38 bits per heavy atom. The van der Waals surface area contributed by atoms with Crippen LogP contribution >= 0.6 is 23.4 Å². The van der Waals surface area contributed by atoms with E-state index in [4.69, 9.17) is 17.3 Å². The van der Waals surface area contributed by atoms with Crippen molar-refractivity contribution in [2.24, 2.45) is 5.73 Å². The van der Waals surface area contributed by atoms with Crippen molar-refractivity contribution in [3.8, 4) is 0 Å². The summed E-state index contributed by atoms with van der Waals surface area (Å²) >= 11 is 7.50. The van der Waals surface area contributed by atoms with E-state index in [2.05, 4.69) is 0 Å². The molecule has 2 aromatic rings. The zero-order valence-corrected chi connectivity index (χ0v) is 14.7. The maximum Gasteiger partial charge on any atom is 0.233 e. The number of halogens is 1. The third-order valence-electron chi connectivity index (χ3n) is 3.38. The molecular weight excluding hydrogens is 344 g/mol. The van der Waals surface area contributed by atoms with Crippen LogP contribution in [0.25, 0.3) is 0 Å². The van der Waals surface area contributed by atoms with Gasteiger partial charge < -0.3 is 10.6 Å². The summed E-state index contributed by atoms with van der Waals surface area (Å²) < 4.78 is 0. The summed E-state index contributed by atoms with van der Waals surface area (Å²) in [5.74, 6) is -0.209. The zero-order chi connectivity index (χ0) is 17.4. The van der Waals surface area contributed by atoms with E-state index in [1.807, 2.05) is 48.5 Å². The van der Waals surface area contributed by atoms with Crippen LogP contribution in [-0.2, 0) is 16.1 Å². The zero-order valence-electron chi connectivity index (χ0n) is 13.2. The quantitative estimate of drug-likeness (QED) is 0.732. The summed E-state index contributed by atoms with van der Waals surface area (Å²) in [6, 6.07) is 17.1. The molecule has 0 aromatic heterocycles. The van der Waals surface area contributed by atoms with E-state index in [0.717, 1.165) is 10.5 Å². The average Bonchev–Trinajstić information content (AvgIpc) is 2.58. The van der Waals surface area contributed by atoms with E-state index < -0.39 is 5.91 Å². The fraction of sp³-hybridized carbons (Fsp3) is 0.222. The number of benzene rings is 2. The molecule has 2 rings (SSSR count). The molecule has 0 aliphatic heterocycles. The Bertz CT molecular complexity index is 694. The third-order valence-corrected chi connectivity index (χ3v) is 4.88. The Labute approximate surface area is 151 Å². The molecule has 0 fully saturated rings. The number of hydrogen-bond acceptors (Lipinski definition) is 3. The highest BCUT2D eigenvalue weighted by Crippen LogP contribution is 2.26. The molecule has 6 heteroatoms. The van der Waals surface area contributed by atoms with Gasteiger partial charge in [-0.25, -0.2) is 0 Å². The second kappa shape index (κ2) is 9.35. The highest BCUT2D eigenvalue weighted by Gasteiger charge is 2.16. The molecule has 0 bridgehead atoms.